The molecule has 3 rings (SSSR count). The van der Waals surface area contributed by atoms with Gasteiger partial charge in [-0.05, 0) is 74.0 Å². The molecule has 0 unspecified atom stereocenters. The highest BCUT2D eigenvalue weighted by molar-refractivity contribution is 7.92. The quantitative estimate of drug-likeness (QED) is 0.261. The molecule has 0 fully saturated rings. The van der Waals surface area contributed by atoms with E-state index in [2.05, 4.69) is 15.8 Å². The van der Waals surface area contributed by atoms with Crippen molar-refractivity contribution in [2.45, 2.75) is 24.8 Å². The molecule has 2 amide bonds. The first-order valence-electron chi connectivity index (χ1n) is 11.4. The molecule has 0 aromatic heterocycles. The van der Waals surface area contributed by atoms with E-state index in [4.69, 9.17) is 27.9 Å². The summed E-state index contributed by atoms with van der Waals surface area (Å²) >= 11 is 12.2. The molecule has 0 heterocycles. The smallest absolute Gasteiger partial charge is 0.264 e. The molecule has 9 nitrogen and oxygen atoms in total. The van der Waals surface area contributed by atoms with Crippen LogP contribution in [0, 0.1) is 0 Å². The summed E-state index contributed by atoms with van der Waals surface area (Å²) in [6.07, 6.45) is 1.39. The fraction of sp³-hybridized carbons (Fsp3) is 0.192. The van der Waals surface area contributed by atoms with E-state index in [1.54, 1.807) is 42.5 Å². The standard InChI is InChI=1S/C26H26Cl2N4O5S/c1-18(2)30-26(34)17-37-21-11-8-19(9-12-21)15-29-31-25(33)16-32(24-13-10-20(27)14-23(24)28)38(35,36)22-6-4-3-5-7-22/h3-15,18H,16-17H2,1-2H3,(H,30,34)(H,31,33)/b29-15-. The molecular weight excluding hydrogens is 551 g/mol. The van der Waals surface area contributed by atoms with E-state index < -0.39 is 22.5 Å². The highest BCUT2D eigenvalue weighted by Gasteiger charge is 2.28. The van der Waals surface area contributed by atoms with Crippen LogP contribution < -0.4 is 19.8 Å². The number of hydrogen-bond acceptors (Lipinski definition) is 6. The minimum atomic E-state index is -4.13. The van der Waals surface area contributed by atoms with Gasteiger partial charge in [0.05, 0.1) is 21.8 Å². The van der Waals surface area contributed by atoms with Gasteiger partial charge in [-0.2, -0.15) is 5.10 Å². The van der Waals surface area contributed by atoms with Gasteiger partial charge in [-0.15, -0.1) is 0 Å². The molecule has 0 saturated heterocycles. The number of hydrazone groups is 1. The van der Waals surface area contributed by atoms with Gasteiger partial charge in [0.1, 0.15) is 12.3 Å². The third kappa shape index (κ3) is 8.20. The van der Waals surface area contributed by atoms with Crippen LogP contribution in [0.1, 0.15) is 19.4 Å². The van der Waals surface area contributed by atoms with Crippen LogP contribution in [0.5, 0.6) is 5.75 Å². The lowest BCUT2D eigenvalue weighted by molar-refractivity contribution is -0.123. The molecule has 0 saturated carbocycles. The topological polar surface area (TPSA) is 117 Å². The molecule has 0 aliphatic heterocycles. The summed E-state index contributed by atoms with van der Waals surface area (Å²) in [4.78, 5) is 24.4. The number of rotatable bonds is 11. The van der Waals surface area contributed by atoms with Gasteiger partial charge in [-0.25, -0.2) is 13.8 Å². The Balaban J connectivity index is 1.68. The van der Waals surface area contributed by atoms with Gasteiger partial charge < -0.3 is 10.1 Å². The minimum absolute atomic E-state index is 0.00804. The fourth-order valence-electron chi connectivity index (χ4n) is 3.21. The lowest BCUT2D eigenvalue weighted by Gasteiger charge is -2.24. The van der Waals surface area contributed by atoms with Crippen molar-refractivity contribution in [3.63, 3.8) is 0 Å². The third-order valence-electron chi connectivity index (χ3n) is 4.90. The molecule has 0 aliphatic rings. The molecule has 0 radical (unpaired) electrons. The van der Waals surface area contributed by atoms with Crippen LogP contribution in [0.25, 0.3) is 0 Å². The van der Waals surface area contributed by atoms with Gasteiger partial charge in [0.2, 0.25) is 0 Å². The molecule has 200 valence electrons. The first kappa shape index (κ1) is 29.0. The number of nitrogens with one attached hydrogen (secondary N) is 2. The molecule has 0 spiro atoms. The summed E-state index contributed by atoms with van der Waals surface area (Å²) in [7, 11) is -4.13. The number of hydrogen-bond donors (Lipinski definition) is 2. The van der Waals surface area contributed by atoms with Gasteiger partial charge in [-0.3, -0.25) is 13.9 Å². The Labute approximate surface area is 231 Å². The predicted molar refractivity (Wildman–Crippen MR) is 148 cm³/mol. The molecule has 3 aromatic rings. The van der Waals surface area contributed by atoms with Gasteiger partial charge in [0, 0.05) is 11.1 Å². The maximum absolute atomic E-state index is 13.4. The monoisotopic (exact) mass is 576 g/mol. The Bertz CT molecular complexity index is 1400. The Kier molecular flexibility index (Phi) is 10.1. The van der Waals surface area contributed by atoms with E-state index in [1.165, 1.54) is 36.5 Å². The second kappa shape index (κ2) is 13.3. The van der Waals surface area contributed by atoms with Crippen LogP contribution in [-0.4, -0.2) is 45.6 Å². The second-order valence-electron chi connectivity index (χ2n) is 8.29. The summed E-state index contributed by atoms with van der Waals surface area (Å²) in [6.45, 7) is 3.03. The van der Waals surface area contributed by atoms with Crippen molar-refractivity contribution in [3.8, 4) is 5.75 Å². The lowest BCUT2D eigenvalue weighted by Crippen LogP contribution is -2.39. The zero-order chi connectivity index (χ0) is 27.7. The van der Waals surface area contributed by atoms with Crippen LogP contribution in [0.3, 0.4) is 0 Å². The lowest BCUT2D eigenvalue weighted by atomic mass is 10.2. The zero-order valence-corrected chi connectivity index (χ0v) is 22.9. The highest BCUT2D eigenvalue weighted by atomic mass is 35.5. The van der Waals surface area contributed by atoms with Crippen LogP contribution in [0.2, 0.25) is 10.0 Å². The number of ether oxygens (including phenoxy) is 1. The molecule has 2 N–H and O–H groups in total. The Morgan fingerprint density at radius 3 is 2.32 bits per heavy atom. The van der Waals surface area contributed by atoms with Crippen LogP contribution in [0.4, 0.5) is 5.69 Å². The van der Waals surface area contributed by atoms with E-state index in [0.29, 0.717) is 16.3 Å². The van der Waals surface area contributed by atoms with Gasteiger partial charge in [0.25, 0.3) is 21.8 Å². The summed E-state index contributed by atoms with van der Waals surface area (Å²) < 4.78 is 33.0. The van der Waals surface area contributed by atoms with E-state index in [1.807, 2.05) is 13.8 Å². The molecule has 38 heavy (non-hydrogen) atoms. The van der Waals surface area contributed by atoms with Crippen molar-refractivity contribution < 1.29 is 22.7 Å². The van der Waals surface area contributed by atoms with Crippen molar-refractivity contribution >= 4 is 56.9 Å². The Hall–Kier alpha value is -3.60. The van der Waals surface area contributed by atoms with Crippen molar-refractivity contribution in [1.29, 1.82) is 0 Å². The molecule has 0 atom stereocenters. The number of carbonyl (C=O) groups excluding carboxylic acids is 2. The van der Waals surface area contributed by atoms with Crippen LogP contribution in [-0.2, 0) is 19.6 Å². The number of anilines is 1. The van der Waals surface area contributed by atoms with Crippen molar-refractivity contribution in [2.24, 2.45) is 5.10 Å². The average Bonchev–Trinajstić information content (AvgIpc) is 2.87. The van der Waals surface area contributed by atoms with E-state index in [0.717, 1.165) is 4.31 Å². The predicted octanol–water partition coefficient (Wildman–Crippen LogP) is 4.24. The fourth-order valence-corrected chi connectivity index (χ4v) is 5.23. The normalized spacial score (nSPS) is 11.4. The first-order valence-corrected chi connectivity index (χ1v) is 13.6. The van der Waals surface area contributed by atoms with E-state index >= 15 is 0 Å². The maximum atomic E-state index is 13.4. The van der Waals surface area contributed by atoms with Crippen LogP contribution in [0.15, 0.2) is 82.8 Å². The maximum Gasteiger partial charge on any atom is 0.264 e. The summed E-state index contributed by atoms with van der Waals surface area (Å²) in [5.41, 5.74) is 3.06. The Morgan fingerprint density at radius 2 is 1.68 bits per heavy atom. The number of amides is 2. The number of sulfonamides is 1. The number of benzene rings is 3. The summed E-state index contributed by atoms with van der Waals surface area (Å²) in [5.74, 6) is -0.425. The SMILES string of the molecule is CC(C)NC(=O)COc1ccc(/C=N\NC(=O)CN(c2ccc(Cl)cc2Cl)S(=O)(=O)c2ccccc2)cc1. The summed E-state index contributed by atoms with van der Waals surface area (Å²) in [6, 6.07) is 18.7. The number of halogens is 2. The zero-order valence-electron chi connectivity index (χ0n) is 20.6. The molecule has 3 aromatic carbocycles. The van der Waals surface area contributed by atoms with E-state index in [9.17, 15) is 18.0 Å². The van der Waals surface area contributed by atoms with E-state index in [-0.39, 0.29) is 34.2 Å². The van der Waals surface area contributed by atoms with Gasteiger partial charge in [0.15, 0.2) is 6.61 Å². The number of nitrogens with zero attached hydrogens (tertiary/aromatic N) is 2. The first-order chi connectivity index (χ1) is 18.1. The number of carbonyl (C=O) groups is 2. The molecule has 12 heteroatoms. The molecule has 0 aliphatic carbocycles. The van der Waals surface area contributed by atoms with Crippen molar-refractivity contribution in [3.05, 3.63) is 88.4 Å². The molecule has 0 bridgehead atoms. The molecular formula is C26H26Cl2N4O5S. The van der Waals surface area contributed by atoms with Gasteiger partial charge >= 0.3 is 0 Å². The van der Waals surface area contributed by atoms with Crippen LogP contribution >= 0.6 is 23.2 Å². The summed E-state index contributed by atoms with van der Waals surface area (Å²) in [5, 5.41) is 7.03. The largest absolute Gasteiger partial charge is 0.484 e. The van der Waals surface area contributed by atoms with Crippen molar-refractivity contribution in [1.82, 2.24) is 10.7 Å². The third-order valence-corrected chi connectivity index (χ3v) is 7.21. The minimum Gasteiger partial charge on any atom is -0.484 e. The Morgan fingerprint density at radius 1 is 1.00 bits per heavy atom. The highest BCUT2D eigenvalue weighted by Crippen LogP contribution is 2.32. The van der Waals surface area contributed by atoms with Gasteiger partial charge in [-0.1, -0.05) is 41.4 Å². The average molecular weight is 577 g/mol. The van der Waals surface area contributed by atoms with Crippen molar-refractivity contribution in [2.75, 3.05) is 17.5 Å². The second-order valence-corrected chi connectivity index (χ2v) is 11.0.